The van der Waals surface area contributed by atoms with Crippen LogP contribution >= 0.6 is 20.2 Å². The minimum absolute atomic E-state index is 0.175. The Hall–Kier alpha value is 0.183. The van der Waals surface area contributed by atoms with Crippen molar-refractivity contribution in [3.8, 4) is 0 Å². The molecule has 2 saturated heterocycles. The van der Waals surface area contributed by atoms with Crippen LogP contribution in [0.25, 0.3) is 0 Å². The first-order chi connectivity index (χ1) is 6.02. The summed E-state index contributed by atoms with van der Waals surface area (Å²) < 4.78 is 10.4. The molecule has 0 aromatic heterocycles. The van der Waals surface area contributed by atoms with Crippen molar-refractivity contribution in [2.75, 3.05) is 0 Å². The molecule has 0 saturated carbocycles. The average molecular weight is 281 g/mol. The summed E-state index contributed by atoms with van der Waals surface area (Å²) >= 11 is -3.11. The molecule has 7 heteroatoms. The van der Waals surface area contributed by atoms with Crippen LogP contribution in [-0.2, 0) is 17.1 Å². The van der Waals surface area contributed by atoms with Gasteiger partial charge in [-0.1, -0.05) is 0 Å². The predicted molar refractivity (Wildman–Crippen MR) is 52.0 cm³/mol. The van der Waals surface area contributed by atoms with E-state index in [9.17, 15) is 9.59 Å². The summed E-state index contributed by atoms with van der Waals surface area (Å²) in [4.78, 5) is 22.3. The molecule has 0 unspecified atom stereocenters. The van der Waals surface area contributed by atoms with Crippen LogP contribution < -0.4 is 0 Å². The van der Waals surface area contributed by atoms with E-state index in [2.05, 4.69) is 0 Å². The van der Waals surface area contributed by atoms with Gasteiger partial charge in [0.2, 0.25) is 0 Å². The van der Waals surface area contributed by atoms with Crippen molar-refractivity contribution in [3.63, 3.8) is 0 Å². The van der Waals surface area contributed by atoms with Crippen molar-refractivity contribution in [1.29, 1.82) is 0 Å². The van der Waals surface area contributed by atoms with E-state index in [1.807, 2.05) is 0 Å². The van der Waals surface area contributed by atoms with Crippen LogP contribution in [0.5, 0.6) is 0 Å². The van der Waals surface area contributed by atoms with E-state index < -0.39 is 11.7 Å². The molecule has 2 aliphatic heterocycles. The molecule has 0 N–H and O–H groups in total. The first-order valence-corrected chi connectivity index (χ1v) is 12.4. The van der Waals surface area contributed by atoms with Crippen LogP contribution in [0.2, 0.25) is 0 Å². The zero-order valence-corrected chi connectivity index (χ0v) is 10.8. The van der Waals surface area contributed by atoms with Gasteiger partial charge in [-0.2, -0.15) is 0 Å². The summed E-state index contributed by atoms with van der Waals surface area (Å²) in [5.41, 5.74) is 0. The number of carbonyl (C=O) groups excluding carboxylic acids is 2. The van der Waals surface area contributed by atoms with E-state index in [0.717, 1.165) is 0 Å². The van der Waals surface area contributed by atoms with Crippen LogP contribution in [0, 0.1) is 0 Å². The molecule has 2 fully saturated rings. The van der Waals surface area contributed by atoms with Gasteiger partial charge in [-0.15, -0.1) is 0 Å². The van der Waals surface area contributed by atoms with Crippen LogP contribution in [0.4, 0.5) is 0 Å². The maximum atomic E-state index is 11.1. The SMILES string of the molecule is C[C@H]1[S][Ge]2([O]C1=O)[O]C(=O)[C@@H](C)[S]2. The number of rotatable bonds is 0. The molecule has 0 aromatic rings. The fourth-order valence-electron chi connectivity index (χ4n) is 1.09. The van der Waals surface area contributed by atoms with Crippen LogP contribution in [0.15, 0.2) is 0 Å². The summed E-state index contributed by atoms with van der Waals surface area (Å²) in [6.45, 7) is 3.56. The monoisotopic (exact) mass is 282 g/mol. The molecule has 0 radical (unpaired) electrons. The standard InChI is InChI=1S/C6H8GeO4S2/c1-3-5(8)10-7(12-3)11-6(9)4(2)13-7/h3-4H,1-2H3/t3-,4-,7?/m1/s1. The molecule has 2 heterocycles. The minimum atomic E-state index is -3.11. The van der Waals surface area contributed by atoms with Crippen LogP contribution in [0.1, 0.15) is 13.8 Å². The molecule has 2 atom stereocenters. The Morgan fingerprint density at radius 1 is 1.08 bits per heavy atom. The zero-order chi connectivity index (χ0) is 9.64. The van der Waals surface area contributed by atoms with Gasteiger partial charge < -0.3 is 0 Å². The number of hydrogen-bond acceptors (Lipinski definition) is 6. The molecular formula is C6H8GeO4S2. The first kappa shape index (κ1) is 9.73. The molecule has 0 amide bonds. The third kappa shape index (κ3) is 1.59. The molecule has 4 nitrogen and oxygen atoms in total. The van der Waals surface area contributed by atoms with E-state index in [1.54, 1.807) is 13.8 Å². The third-order valence-corrected chi connectivity index (χ3v) is 18.1. The number of hydrogen-bond donors (Lipinski definition) is 0. The summed E-state index contributed by atoms with van der Waals surface area (Å²) in [7, 11) is 2.85. The van der Waals surface area contributed by atoms with Crippen molar-refractivity contribution in [1.82, 2.24) is 0 Å². The Bertz CT molecular complexity index is 254. The van der Waals surface area contributed by atoms with Gasteiger partial charge >= 0.3 is 85.2 Å². The fourth-order valence-corrected chi connectivity index (χ4v) is 20.0. The van der Waals surface area contributed by atoms with Gasteiger partial charge in [0.1, 0.15) is 0 Å². The van der Waals surface area contributed by atoms with Crippen molar-refractivity contribution in [2.24, 2.45) is 0 Å². The molecule has 72 valence electrons. The molecular weight excluding hydrogens is 273 g/mol. The number of carbonyl (C=O) groups is 2. The molecule has 0 aromatic carbocycles. The molecule has 0 bridgehead atoms. The summed E-state index contributed by atoms with van der Waals surface area (Å²) in [5, 5.41) is -0.351. The van der Waals surface area contributed by atoms with Crippen LogP contribution in [0.3, 0.4) is 0 Å². The zero-order valence-electron chi connectivity index (χ0n) is 7.10. The van der Waals surface area contributed by atoms with Crippen LogP contribution in [-0.4, -0.2) is 34.1 Å². The Morgan fingerprint density at radius 3 is 1.69 bits per heavy atom. The van der Waals surface area contributed by atoms with Gasteiger partial charge in [0.05, 0.1) is 0 Å². The summed E-state index contributed by atoms with van der Waals surface area (Å²) in [5.74, 6) is -0.473. The first-order valence-electron chi connectivity index (χ1n) is 3.84. The van der Waals surface area contributed by atoms with Gasteiger partial charge in [0, 0.05) is 0 Å². The molecule has 1 spiro atoms. The Labute approximate surface area is 85.2 Å². The average Bonchev–Trinajstić information content (AvgIpc) is 2.39. The third-order valence-electron chi connectivity index (χ3n) is 1.76. The molecule has 0 aliphatic carbocycles. The predicted octanol–water partition coefficient (Wildman–Crippen LogP) is 0.779. The Balaban J connectivity index is 2.17. The second kappa shape index (κ2) is 3.10. The van der Waals surface area contributed by atoms with E-state index in [0.29, 0.717) is 0 Å². The summed E-state index contributed by atoms with van der Waals surface area (Å²) in [6, 6.07) is 0. The topological polar surface area (TPSA) is 52.6 Å². The van der Waals surface area contributed by atoms with E-state index >= 15 is 0 Å². The Kier molecular flexibility index (Phi) is 2.32. The van der Waals surface area contributed by atoms with Crippen molar-refractivity contribution in [3.05, 3.63) is 0 Å². The van der Waals surface area contributed by atoms with Crippen molar-refractivity contribution < 1.29 is 17.1 Å². The molecule has 13 heavy (non-hydrogen) atoms. The van der Waals surface area contributed by atoms with Gasteiger partial charge in [-0.3, -0.25) is 0 Å². The molecule has 2 aliphatic rings. The van der Waals surface area contributed by atoms with E-state index in [1.165, 1.54) is 20.2 Å². The van der Waals surface area contributed by atoms with Crippen molar-refractivity contribution >= 4 is 43.8 Å². The van der Waals surface area contributed by atoms with E-state index in [-0.39, 0.29) is 22.4 Å². The maximum absolute atomic E-state index is 11.1. The fraction of sp³-hybridized carbons (Fsp3) is 0.667. The van der Waals surface area contributed by atoms with Gasteiger partial charge in [0.25, 0.3) is 0 Å². The second-order valence-corrected chi connectivity index (χ2v) is 17.6. The van der Waals surface area contributed by atoms with Gasteiger partial charge in [-0.25, -0.2) is 0 Å². The van der Waals surface area contributed by atoms with E-state index in [4.69, 9.17) is 7.53 Å². The van der Waals surface area contributed by atoms with Gasteiger partial charge in [-0.05, 0) is 0 Å². The quantitative estimate of drug-likeness (QED) is 0.611. The van der Waals surface area contributed by atoms with Crippen molar-refractivity contribution in [2.45, 2.75) is 24.3 Å². The summed E-state index contributed by atoms with van der Waals surface area (Å²) in [6.07, 6.45) is 0. The molecule has 2 rings (SSSR count). The Morgan fingerprint density at radius 2 is 1.46 bits per heavy atom. The van der Waals surface area contributed by atoms with Gasteiger partial charge in [0.15, 0.2) is 0 Å². The second-order valence-electron chi connectivity index (χ2n) is 2.86. The normalized spacial score (nSPS) is 36.5.